The zero-order valence-corrected chi connectivity index (χ0v) is 13.3. The van der Waals surface area contributed by atoms with Gasteiger partial charge in [-0.1, -0.05) is 11.6 Å². The molecule has 0 saturated carbocycles. The van der Waals surface area contributed by atoms with Gasteiger partial charge >= 0.3 is 0 Å². The van der Waals surface area contributed by atoms with E-state index in [1.807, 2.05) is 0 Å². The lowest BCUT2D eigenvalue weighted by Crippen LogP contribution is -2.42. The molecule has 21 heavy (non-hydrogen) atoms. The van der Waals surface area contributed by atoms with E-state index in [0.29, 0.717) is 11.7 Å². The van der Waals surface area contributed by atoms with E-state index in [2.05, 4.69) is 29.2 Å². The quantitative estimate of drug-likeness (QED) is 0.815. The largest absolute Gasteiger partial charge is 0.394 e. The molecule has 1 fully saturated rings. The molecule has 0 bridgehead atoms. The molecule has 6 nitrogen and oxygen atoms in total. The van der Waals surface area contributed by atoms with Crippen molar-refractivity contribution >= 4 is 17.3 Å². The molecular weight excluding hydrogens is 292 g/mol. The van der Waals surface area contributed by atoms with E-state index in [1.54, 1.807) is 6.20 Å². The van der Waals surface area contributed by atoms with E-state index in [4.69, 9.17) is 16.7 Å². The van der Waals surface area contributed by atoms with Crippen LogP contribution in [0.4, 0.5) is 5.69 Å². The zero-order valence-electron chi connectivity index (χ0n) is 12.5. The maximum atomic E-state index is 12.2. The first-order valence-corrected chi connectivity index (χ1v) is 7.79. The number of nitrogens with one attached hydrogen (secondary N) is 1. The van der Waals surface area contributed by atoms with Gasteiger partial charge in [-0.15, -0.1) is 0 Å². The van der Waals surface area contributed by atoms with Crippen LogP contribution in [0.2, 0.25) is 5.02 Å². The highest BCUT2D eigenvalue weighted by Gasteiger charge is 2.23. The molecule has 2 rings (SSSR count). The molecule has 1 aromatic rings. The van der Waals surface area contributed by atoms with Crippen LogP contribution in [0.25, 0.3) is 0 Å². The Bertz CT molecular complexity index is 526. The van der Waals surface area contributed by atoms with Crippen molar-refractivity contribution in [2.24, 2.45) is 0 Å². The van der Waals surface area contributed by atoms with Gasteiger partial charge in [-0.05, 0) is 33.2 Å². The summed E-state index contributed by atoms with van der Waals surface area (Å²) in [7, 11) is 0. The van der Waals surface area contributed by atoms with E-state index < -0.39 is 0 Å². The molecule has 0 aromatic carbocycles. The minimum Gasteiger partial charge on any atom is -0.394 e. The zero-order chi connectivity index (χ0) is 15.4. The van der Waals surface area contributed by atoms with Crippen LogP contribution in [0.5, 0.6) is 0 Å². The van der Waals surface area contributed by atoms with Crippen molar-refractivity contribution in [2.75, 3.05) is 24.6 Å². The average Bonchev–Trinajstić information content (AvgIpc) is 2.95. The maximum absolute atomic E-state index is 12.2. The number of aromatic nitrogens is 2. The summed E-state index contributed by atoms with van der Waals surface area (Å²) >= 11 is 6.24. The summed E-state index contributed by atoms with van der Waals surface area (Å²) < 4.78 is 1.19. The van der Waals surface area contributed by atoms with Crippen LogP contribution in [0.3, 0.4) is 0 Å². The molecule has 118 valence electrons. The molecule has 0 amide bonds. The fraction of sp³-hybridized carbons (Fsp3) is 0.714. The average molecular weight is 315 g/mol. The molecule has 1 aliphatic heterocycles. The summed E-state index contributed by atoms with van der Waals surface area (Å²) in [6.45, 7) is 6.02. The number of anilines is 1. The Morgan fingerprint density at radius 3 is 2.95 bits per heavy atom. The van der Waals surface area contributed by atoms with Crippen molar-refractivity contribution in [2.45, 2.75) is 45.3 Å². The summed E-state index contributed by atoms with van der Waals surface area (Å²) in [5.41, 5.74) is 0.313. The van der Waals surface area contributed by atoms with Gasteiger partial charge in [0, 0.05) is 18.6 Å². The molecule has 7 heteroatoms. The normalized spacial score (nSPS) is 18.4. The van der Waals surface area contributed by atoms with E-state index in [-0.39, 0.29) is 29.8 Å². The molecule has 1 aliphatic rings. The number of aliphatic hydroxyl groups excluding tert-OH is 1. The van der Waals surface area contributed by atoms with E-state index in [1.165, 1.54) is 11.1 Å². The van der Waals surface area contributed by atoms with Gasteiger partial charge in [0.25, 0.3) is 5.56 Å². The van der Waals surface area contributed by atoms with Gasteiger partial charge in [0.05, 0.1) is 25.0 Å². The predicted molar refractivity (Wildman–Crippen MR) is 84.1 cm³/mol. The van der Waals surface area contributed by atoms with Gasteiger partial charge in [0.15, 0.2) is 0 Å². The number of nitrogens with zero attached hydrogens (tertiary/aromatic N) is 3. The molecule has 1 saturated heterocycles. The van der Waals surface area contributed by atoms with Crippen LogP contribution in [0, 0.1) is 0 Å². The first-order chi connectivity index (χ1) is 10.0. The lowest BCUT2D eigenvalue weighted by molar-refractivity contribution is 0.266. The maximum Gasteiger partial charge on any atom is 0.287 e. The minimum absolute atomic E-state index is 0.136. The summed E-state index contributed by atoms with van der Waals surface area (Å²) in [5.74, 6) is 0. The van der Waals surface area contributed by atoms with Gasteiger partial charge in [-0.25, -0.2) is 4.68 Å². The molecule has 1 aromatic heterocycles. The minimum atomic E-state index is -0.353. The van der Waals surface area contributed by atoms with Crippen molar-refractivity contribution in [3.05, 3.63) is 21.6 Å². The first-order valence-electron chi connectivity index (χ1n) is 7.41. The Labute approximate surface area is 129 Å². The number of hydrogen-bond donors (Lipinski definition) is 2. The molecule has 0 spiro atoms. The van der Waals surface area contributed by atoms with Crippen molar-refractivity contribution in [3.8, 4) is 0 Å². The summed E-state index contributed by atoms with van der Waals surface area (Å²) in [5, 5.41) is 16.7. The first kappa shape index (κ1) is 16.3. The molecule has 2 heterocycles. The highest BCUT2D eigenvalue weighted by atomic mass is 35.5. The lowest BCUT2D eigenvalue weighted by atomic mass is 10.2. The molecular formula is C14H23ClN4O2. The smallest absolute Gasteiger partial charge is 0.287 e. The lowest BCUT2D eigenvalue weighted by Gasteiger charge is -2.32. The standard InChI is InChI=1S/C14H23ClN4O2/c1-10(2)18(9-11-4-3-5-16-11)12-8-17-19(6-7-20)14(21)13(12)15/h8,10-11,16,20H,3-7,9H2,1-2H3. The second kappa shape index (κ2) is 7.24. The number of halogens is 1. The van der Waals surface area contributed by atoms with Gasteiger partial charge < -0.3 is 15.3 Å². The van der Waals surface area contributed by atoms with Crippen LogP contribution < -0.4 is 15.8 Å². The molecule has 2 N–H and O–H groups in total. The number of aliphatic hydroxyl groups is 1. The highest BCUT2D eigenvalue weighted by Crippen LogP contribution is 2.24. The van der Waals surface area contributed by atoms with Gasteiger partial charge in [-0.3, -0.25) is 4.79 Å². The van der Waals surface area contributed by atoms with E-state index >= 15 is 0 Å². The Morgan fingerprint density at radius 2 is 2.38 bits per heavy atom. The summed E-state index contributed by atoms with van der Waals surface area (Å²) in [4.78, 5) is 14.3. The third-order valence-corrected chi connectivity index (χ3v) is 4.15. The van der Waals surface area contributed by atoms with Crippen molar-refractivity contribution in [1.82, 2.24) is 15.1 Å². The Morgan fingerprint density at radius 1 is 1.62 bits per heavy atom. The molecule has 1 atom stereocenters. The Kier molecular flexibility index (Phi) is 5.61. The Hall–Kier alpha value is -1.11. The van der Waals surface area contributed by atoms with Crippen molar-refractivity contribution in [3.63, 3.8) is 0 Å². The SMILES string of the molecule is CC(C)N(CC1CCCN1)c1cnn(CCO)c(=O)c1Cl. The van der Waals surface area contributed by atoms with Crippen LogP contribution in [-0.4, -0.2) is 46.7 Å². The number of hydrogen-bond acceptors (Lipinski definition) is 5. The predicted octanol–water partition coefficient (Wildman–Crippen LogP) is 0.856. The van der Waals surface area contributed by atoms with E-state index in [0.717, 1.165) is 19.5 Å². The van der Waals surface area contributed by atoms with E-state index in [9.17, 15) is 4.79 Å². The topological polar surface area (TPSA) is 70.4 Å². The Balaban J connectivity index is 2.27. The fourth-order valence-corrected chi connectivity index (χ4v) is 2.90. The third kappa shape index (κ3) is 3.75. The second-order valence-electron chi connectivity index (χ2n) is 5.64. The van der Waals surface area contributed by atoms with Crippen LogP contribution >= 0.6 is 11.6 Å². The van der Waals surface area contributed by atoms with Crippen LogP contribution in [0.1, 0.15) is 26.7 Å². The molecule has 0 radical (unpaired) electrons. The number of rotatable bonds is 6. The van der Waals surface area contributed by atoms with Crippen molar-refractivity contribution in [1.29, 1.82) is 0 Å². The fourth-order valence-electron chi connectivity index (χ4n) is 2.65. The highest BCUT2D eigenvalue weighted by molar-refractivity contribution is 6.33. The van der Waals surface area contributed by atoms with Crippen LogP contribution in [-0.2, 0) is 6.54 Å². The summed E-state index contributed by atoms with van der Waals surface area (Å²) in [6, 6.07) is 0.642. The third-order valence-electron chi connectivity index (χ3n) is 3.79. The second-order valence-corrected chi connectivity index (χ2v) is 6.01. The van der Waals surface area contributed by atoms with Crippen LogP contribution in [0.15, 0.2) is 11.0 Å². The monoisotopic (exact) mass is 314 g/mol. The van der Waals surface area contributed by atoms with Gasteiger partial charge in [-0.2, -0.15) is 5.10 Å². The molecule has 0 aliphatic carbocycles. The van der Waals surface area contributed by atoms with Gasteiger partial charge in [0.1, 0.15) is 5.02 Å². The summed E-state index contributed by atoms with van der Waals surface area (Å²) in [6.07, 6.45) is 3.94. The van der Waals surface area contributed by atoms with Crippen molar-refractivity contribution < 1.29 is 5.11 Å². The molecule has 1 unspecified atom stereocenters. The van der Waals surface area contributed by atoms with Gasteiger partial charge in [0.2, 0.25) is 0 Å².